The van der Waals surface area contributed by atoms with Crippen molar-refractivity contribution in [2.75, 3.05) is 25.5 Å². The first-order valence-corrected chi connectivity index (χ1v) is 10.9. The first kappa shape index (κ1) is 20.6. The van der Waals surface area contributed by atoms with Gasteiger partial charge >= 0.3 is 0 Å². The van der Waals surface area contributed by atoms with Gasteiger partial charge in [0.25, 0.3) is 0 Å². The summed E-state index contributed by atoms with van der Waals surface area (Å²) in [6, 6.07) is 10.5. The number of hydrogen-bond acceptors (Lipinski definition) is 4. The molecule has 0 radical (unpaired) electrons. The summed E-state index contributed by atoms with van der Waals surface area (Å²) < 4.78 is 11.5. The molecule has 1 aliphatic rings. The third-order valence-electron chi connectivity index (χ3n) is 4.93. The fourth-order valence-electron chi connectivity index (χ4n) is 3.41. The Balaban J connectivity index is 1.69. The van der Waals surface area contributed by atoms with Crippen molar-refractivity contribution in [1.82, 2.24) is 4.90 Å². The smallest absolute Gasteiger partial charge is 0.233 e. The van der Waals surface area contributed by atoms with Crippen LogP contribution in [-0.4, -0.2) is 36.3 Å². The van der Waals surface area contributed by atoms with Gasteiger partial charge in [-0.3, -0.25) is 4.79 Å². The molecule has 28 heavy (non-hydrogen) atoms. The summed E-state index contributed by atoms with van der Waals surface area (Å²) in [6.07, 6.45) is 0.849. The molecule has 1 amide bonds. The van der Waals surface area contributed by atoms with E-state index in [1.165, 1.54) is 21.6 Å². The average Bonchev–Trinajstić information content (AvgIpc) is 2.69. The zero-order valence-corrected chi connectivity index (χ0v) is 18.0. The second-order valence-electron chi connectivity index (χ2n) is 7.06. The number of carbonyl (C=O) groups excluding carboxylic acids is 1. The first-order valence-electron chi connectivity index (χ1n) is 9.91. The van der Waals surface area contributed by atoms with Crippen LogP contribution >= 0.6 is 11.8 Å². The number of thioether (sulfide) groups is 1. The molecular formula is C23H29NO3S. The Kier molecular flexibility index (Phi) is 6.89. The van der Waals surface area contributed by atoms with E-state index in [-0.39, 0.29) is 5.91 Å². The molecule has 0 aromatic heterocycles. The average molecular weight is 400 g/mol. The lowest BCUT2D eigenvalue weighted by atomic mass is 9.99. The Hall–Kier alpha value is -2.14. The van der Waals surface area contributed by atoms with Crippen molar-refractivity contribution in [3.8, 4) is 11.5 Å². The van der Waals surface area contributed by atoms with Gasteiger partial charge in [-0.25, -0.2) is 0 Å². The van der Waals surface area contributed by atoms with Gasteiger partial charge in [-0.2, -0.15) is 0 Å². The lowest BCUT2D eigenvalue weighted by Gasteiger charge is -2.30. The Bertz CT molecular complexity index is 850. The van der Waals surface area contributed by atoms with Crippen molar-refractivity contribution < 1.29 is 14.3 Å². The summed E-state index contributed by atoms with van der Waals surface area (Å²) in [5, 5.41) is 0. The minimum absolute atomic E-state index is 0.184. The quantitative estimate of drug-likeness (QED) is 0.628. The molecule has 2 aromatic rings. The third-order valence-corrected chi connectivity index (χ3v) is 6.07. The van der Waals surface area contributed by atoms with Crippen LogP contribution in [0.3, 0.4) is 0 Å². The SMILES string of the molecule is CCOc1cc2c(cc1OCC)CN(C(=O)CSc1cc(C)ccc1C)CC2. The second-order valence-corrected chi connectivity index (χ2v) is 8.07. The van der Waals surface area contributed by atoms with Crippen LogP contribution in [0.4, 0.5) is 0 Å². The van der Waals surface area contributed by atoms with E-state index in [1.54, 1.807) is 11.8 Å². The normalized spacial score (nSPS) is 13.2. The molecule has 3 rings (SSSR count). The summed E-state index contributed by atoms with van der Waals surface area (Å²) in [5.41, 5.74) is 4.85. The van der Waals surface area contributed by atoms with Gasteiger partial charge in [-0.05, 0) is 69.0 Å². The van der Waals surface area contributed by atoms with E-state index in [9.17, 15) is 4.79 Å². The van der Waals surface area contributed by atoms with Gasteiger partial charge in [0.1, 0.15) is 0 Å². The zero-order valence-electron chi connectivity index (χ0n) is 17.2. The highest BCUT2D eigenvalue weighted by Gasteiger charge is 2.23. The summed E-state index contributed by atoms with van der Waals surface area (Å²) in [5.74, 6) is 2.22. The Morgan fingerprint density at radius 1 is 1.04 bits per heavy atom. The van der Waals surface area contributed by atoms with E-state index in [0.29, 0.717) is 25.5 Å². The first-order chi connectivity index (χ1) is 13.5. The van der Waals surface area contributed by atoms with Gasteiger partial charge in [-0.1, -0.05) is 17.7 Å². The molecule has 0 saturated carbocycles. The van der Waals surface area contributed by atoms with Crippen molar-refractivity contribution in [2.45, 2.75) is 45.6 Å². The van der Waals surface area contributed by atoms with E-state index < -0.39 is 0 Å². The van der Waals surface area contributed by atoms with E-state index in [2.05, 4.69) is 38.1 Å². The maximum absolute atomic E-state index is 12.8. The summed E-state index contributed by atoms with van der Waals surface area (Å²) in [6.45, 7) is 10.7. The minimum Gasteiger partial charge on any atom is -0.490 e. The van der Waals surface area contributed by atoms with Crippen molar-refractivity contribution in [3.05, 3.63) is 52.6 Å². The number of aryl methyl sites for hydroxylation is 2. The predicted octanol–water partition coefficient (Wildman–Crippen LogP) is 4.78. The fourth-order valence-corrected chi connectivity index (χ4v) is 4.43. The highest BCUT2D eigenvalue weighted by molar-refractivity contribution is 8.00. The number of rotatable bonds is 7. The molecular weight excluding hydrogens is 370 g/mol. The molecule has 5 heteroatoms. The minimum atomic E-state index is 0.184. The summed E-state index contributed by atoms with van der Waals surface area (Å²) in [7, 11) is 0. The molecule has 0 N–H and O–H groups in total. The van der Waals surface area contributed by atoms with Crippen molar-refractivity contribution in [3.63, 3.8) is 0 Å². The molecule has 0 spiro atoms. The second kappa shape index (κ2) is 9.37. The van der Waals surface area contributed by atoms with Gasteiger partial charge in [0.2, 0.25) is 5.91 Å². The van der Waals surface area contributed by atoms with Gasteiger partial charge in [0, 0.05) is 18.0 Å². The van der Waals surface area contributed by atoms with Gasteiger partial charge in [-0.15, -0.1) is 11.8 Å². The maximum Gasteiger partial charge on any atom is 0.233 e. The molecule has 2 aromatic carbocycles. The number of ether oxygens (including phenoxy) is 2. The van der Waals surface area contributed by atoms with Crippen LogP contribution in [0.15, 0.2) is 35.2 Å². The largest absolute Gasteiger partial charge is 0.490 e. The number of amides is 1. The van der Waals surface area contributed by atoms with Crippen LogP contribution in [0.1, 0.15) is 36.1 Å². The molecule has 0 atom stereocenters. The monoisotopic (exact) mass is 399 g/mol. The van der Waals surface area contributed by atoms with Gasteiger partial charge in [0.15, 0.2) is 11.5 Å². The molecule has 4 nitrogen and oxygen atoms in total. The van der Waals surface area contributed by atoms with Crippen molar-refractivity contribution in [2.24, 2.45) is 0 Å². The van der Waals surface area contributed by atoms with Crippen LogP contribution in [0.2, 0.25) is 0 Å². The predicted molar refractivity (Wildman–Crippen MR) is 115 cm³/mol. The van der Waals surface area contributed by atoms with E-state index in [0.717, 1.165) is 30.0 Å². The highest BCUT2D eigenvalue weighted by Crippen LogP contribution is 2.34. The lowest BCUT2D eigenvalue weighted by molar-refractivity contribution is -0.129. The third kappa shape index (κ3) is 4.82. The number of benzene rings is 2. The van der Waals surface area contributed by atoms with Crippen molar-refractivity contribution >= 4 is 17.7 Å². The molecule has 1 aliphatic heterocycles. The molecule has 150 valence electrons. The van der Waals surface area contributed by atoms with E-state index >= 15 is 0 Å². The molecule has 0 bridgehead atoms. The Labute approximate surface area is 172 Å². The van der Waals surface area contributed by atoms with Crippen molar-refractivity contribution in [1.29, 1.82) is 0 Å². The molecule has 0 aliphatic carbocycles. The molecule has 0 fully saturated rings. The summed E-state index contributed by atoms with van der Waals surface area (Å²) >= 11 is 1.63. The fraction of sp³-hybridized carbons (Fsp3) is 0.435. The van der Waals surface area contributed by atoms with E-state index in [4.69, 9.17) is 9.47 Å². The van der Waals surface area contributed by atoms with Crippen LogP contribution in [0, 0.1) is 13.8 Å². The molecule has 1 heterocycles. The van der Waals surface area contributed by atoms with Crippen LogP contribution in [0.25, 0.3) is 0 Å². The lowest BCUT2D eigenvalue weighted by Crippen LogP contribution is -2.37. The van der Waals surface area contributed by atoms with Crippen LogP contribution < -0.4 is 9.47 Å². The number of nitrogens with zero attached hydrogens (tertiary/aromatic N) is 1. The van der Waals surface area contributed by atoms with Gasteiger partial charge in [0.05, 0.1) is 19.0 Å². The Morgan fingerprint density at radius 2 is 1.71 bits per heavy atom. The number of hydrogen-bond donors (Lipinski definition) is 0. The molecule has 0 saturated heterocycles. The zero-order chi connectivity index (χ0) is 20.1. The summed E-state index contributed by atoms with van der Waals surface area (Å²) in [4.78, 5) is 15.9. The van der Waals surface area contributed by atoms with E-state index in [1.807, 2.05) is 24.8 Å². The molecule has 0 unspecified atom stereocenters. The number of fused-ring (bicyclic) bond motifs is 1. The highest BCUT2D eigenvalue weighted by atomic mass is 32.2. The topological polar surface area (TPSA) is 38.8 Å². The Morgan fingerprint density at radius 3 is 2.39 bits per heavy atom. The maximum atomic E-state index is 12.8. The van der Waals surface area contributed by atoms with Crippen LogP contribution in [-0.2, 0) is 17.8 Å². The standard InChI is InChI=1S/C23H29NO3S/c1-5-26-20-12-18-9-10-24(14-19(18)13-21(20)27-6-2)23(25)15-28-22-11-16(3)7-8-17(22)4/h7-8,11-13H,5-6,9-10,14-15H2,1-4H3. The number of carbonyl (C=O) groups is 1. The van der Waals surface area contributed by atoms with Crippen LogP contribution in [0.5, 0.6) is 11.5 Å². The van der Waals surface area contributed by atoms with Gasteiger partial charge < -0.3 is 14.4 Å².